The van der Waals surface area contributed by atoms with Crippen LogP contribution < -0.4 is 5.56 Å². The number of benzene rings is 1. The molecule has 1 amide bonds. The van der Waals surface area contributed by atoms with Crippen LogP contribution in [0, 0.1) is 0 Å². The van der Waals surface area contributed by atoms with E-state index in [1.807, 2.05) is 59.7 Å². The summed E-state index contributed by atoms with van der Waals surface area (Å²) in [5, 5.41) is 8.75. The summed E-state index contributed by atoms with van der Waals surface area (Å²) >= 11 is 1.60. The summed E-state index contributed by atoms with van der Waals surface area (Å²) in [6.07, 6.45) is 2.21. The molecule has 1 aromatic carbocycles. The first-order valence-electron chi connectivity index (χ1n) is 10.8. The highest BCUT2D eigenvalue weighted by atomic mass is 32.1. The minimum atomic E-state index is -0.276. The number of hydrogen-bond donors (Lipinski definition) is 1. The van der Waals surface area contributed by atoms with E-state index in [4.69, 9.17) is 4.42 Å². The van der Waals surface area contributed by atoms with Crippen molar-refractivity contribution in [3.8, 4) is 0 Å². The van der Waals surface area contributed by atoms with E-state index in [-0.39, 0.29) is 24.1 Å². The van der Waals surface area contributed by atoms with Crippen molar-refractivity contribution < 1.29 is 9.21 Å². The van der Waals surface area contributed by atoms with Crippen LogP contribution in [-0.2, 0) is 11.3 Å². The predicted octanol–water partition coefficient (Wildman–Crippen LogP) is 3.78. The van der Waals surface area contributed by atoms with Crippen LogP contribution in [-0.4, -0.2) is 44.6 Å². The van der Waals surface area contributed by atoms with E-state index in [0.717, 1.165) is 10.6 Å². The molecular weight excluding hydrogens is 438 g/mol. The third kappa shape index (κ3) is 4.37. The van der Waals surface area contributed by atoms with Gasteiger partial charge >= 0.3 is 0 Å². The molecule has 0 unspecified atom stereocenters. The Morgan fingerprint density at radius 3 is 2.88 bits per heavy atom. The molecule has 1 atom stereocenters. The number of carbonyl (C=O) groups is 1. The lowest BCUT2D eigenvalue weighted by molar-refractivity contribution is -0.134. The van der Waals surface area contributed by atoms with Gasteiger partial charge in [-0.2, -0.15) is 5.10 Å². The average Bonchev–Trinajstić information content (AvgIpc) is 3.59. The lowest BCUT2D eigenvalue weighted by atomic mass is 10.1. The molecule has 0 saturated heterocycles. The van der Waals surface area contributed by atoms with Gasteiger partial charge in [0.15, 0.2) is 0 Å². The SMILES string of the molecule is CCN(CC(=O)N1N=C(c2cccs2)C[C@H]1c1ccco1)Cc1nc2ccccc2c(=O)[nH]1. The molecule has 0 radical (unpaired) electrons. The number of furan rings is 1. The van der Waals surface area contributed by atoms with Crippen LogP contribution in [0.5, 0.6) is 0 Å². The number of fused-ring (bicyclic) bond motifs is 1. The highest BCUT2D eigenvalue weighted by Gasteiger charge is 2.35. The smallest absolute Gasteiger partial charge is 0.258 e. The molecule has 8 nitrogen and oxygen atoms in total. The van der Waals surface area contributed by atoms with Gasteiger partial charge < -0.3 is 9.40 Å². The summed E-state index contributed by atoms with van der Waals surface area (Å²) in [7, 11) is 0. The zero-order valence-corrected chi connectivity index (χ0v) is 18.9. The molecule has 4 aromatic rings. The zero-order chi connectivity index (χ0) is 22.8. The predicted molar refractivity (Wildman–Crippen MR) is 127 cm³/mol. The molecule has 0 aliphatic carbocycles. The standard InChI is InChI=1S/C24H23N5O3S/c1-2-28(14-22-25-17-8-4-3-7-16(17)24(31)26-22)15-23(30)29-19(20-9-5-11-32-20)13-18(27-29)21-10-6-12-33-21/h3-12,19H,2,13-15H2,1H3,(H,25,26,31)/t19-/m0/s1. The van der Waals surface area contributed by atoms with Crippen LogP contribution in [0.25, 0.3) is 10.9 Å². The normalized spacial score (nSPS) is 16.0. The fourth-order valence-corrected chi connectivity index (χ4v) is 4.72. The van der Waals surface area contributed by atoms with Gasteiger partial charge in [0.25, 0.3) is 11.5 Å². The Bertz CT molecular complexity index is 1340. The highest BCUT2D eigenvalue weighted by Crippen LogP contribution is 2.34. The van der Waals surface area contributed by atoms with Crippen molar-refractivity contribution in [1.29, 1.82) is 0 Å². The van der Waals surface area contributed by atoms with Crippen molar-refractivity contribution in [1.82, 2.24) is 19.9 Å². The summed E-state index contributed by atoms with van der Waals surface area (Å²) in [4.78, 5) is 36.2. The number of aromatic nitrogens is 2. The fourth-order valence-electron chi connectivity index (χ4n) is 4.00. The second-order valence-electron chi connectivity index (χ2n) is 7.83. The fraction of sp³-hybridized carbons (Fsp3) is 0.250. The van der Waals surface area contributed by atoms with Gasteiger partial charge in [0.05, 0.1) is 40.8 Å². The van der Waals surface area contributed by atoms with Crippen LogP contribution in [0.4, 0.5) is 0 Å². The number of carbonyl (C=O) groups excluding carboxylic acids is 1. The molecule has 1 aliphatic rings. The van der Waals surface area contributed by atoms with Gasteiger partial charge in [0.1, 0.15) is 17.6 Å². The monoisotopic (exact) mass is 461 g/mol. The second kappa shape index (κ2) is 9.13. The van der Waals surface area contributed by atoms with Gasteiger partial charge in [-0.1, -0.05) is 25.1 Å². The average molecular weight is 462 g/mol. The topological polar surface area (TPSA) is 94.8 Å². The third-order valence-corrected chi connectivity index (χ3v) is 6.60. The molecule has 1 N–H and O–H groups in total. The number of para-hydroxylation sites is 1. The number of aromatic amines is 1. The molecule has 3 aromatic heterocycles. The molecule has 9 heteroatoms. The highest BCUT2D eigenvalue weighted by molar-refractivity contribution is 7.12. The molecule has 0 fully saturated rings. The molecule has 5 rings (SSSR count). The maximum absolute atomic E-state index is 13.4. The summed E-state index contributed by atoms with van der Waals surface area (Å²) < 4.78 is 5.62. The van der Waals surface area contributed by atoms with Crippen LogP contribution in [0.3, 0.4) is 0 Å². The summed E-state index contributed by atoms with van der Waals surface area (Å²) in [6.45, 7) is 3.08. The maximum Gasteiger partial charge on any atom is 0.258 e. The van der Waals surface area contributed by atoms with E-state index in [1.54, 1.807) is 23.7 Å². The zero-order valence-electron chi connectivity index (χ0n) is 18.1. The van der Waals surface area contributed by atoms with Crippen molar-refractivity contribution >= 4 is 33.9 Å². The third-order valence-electron chi connectivity index (χ3n) is 5.68. The first-order chi connectivity index (χ1) is 16.1. The Balaban J connectivity index is 1.36. The van der Waals surface area contributed by atoms with Crippen molar-refractivity contribution in [3.05, 3.63) is 87.0 Å². The van der Waals surface area contributed by atoms with Gasteiger partial charge in [0.2, 0.25) is 0 Å². The van der Waals surface area contributed by atoms with Gasteiger partial charge in [-0.25, -0.2) is 9.99 Å². The van der Waals surface area contributed by atoms with Gasteiger partial charge in [0, 0.05) is 6.42 Å². The van der Waals surface area contributed by atoms with Gasteiger partial charge in [-0.3, -0.25) is 14.5 Å². The van der Waals surface area contributed by atoms with Crippen LogP contribution >= 0.6 is 11.3 Å². The number of H-pyrrole nitrogens is 1. The summed E-state index contributed by atoms with van der Waals surface area (Å²) in [5.41, 5.74) is 1.34. The Kier molecular flexibility index (Phi) is 5.89. The van der Waals surface area contributed by atoms with E-state index in [0.29, 0.717) is 42.0 Å². The Labute approximate surface area is 194 Å². The first-order valence-corrected chi connectivity index (χ1v) is 11.7. The number of amides is 1. The minimum Gasteiger partial charge on any atom is -0.467 e. The molecule has 0 bridgehead atoms. The van der Waals surface area contributed by atoms with E-state index in [2.05, 4.69) is 15.1 Å². The second-order valence-corrected chi connectivity index (χ2v) is 8.78. The number of hydrazone groups is 1. The molecule has 33 heavy (non-hydrogen) atoms. The molecule has 0 spiro atoms. The van der Waals surface area contributed by atoms with Crippen LogP contribution in [0.2, 0.25) is 0 Å². The number of nitrogens with zero attached hydrogens (tertiary/aromatic N) is 4. The number of rotatable bonds is 7. The molecular formula is C24H23N5O3S. The summed E-state index contributed by atoms with van der Waals surface area (Å²) in [5.74, 6) is 1.11. The molecule has 0 saturated carbocycles. The lowest BCUT2D eigenvalue weighted by Gasteiger charge is -2.24. The van der Waals surface area contributed by atoms with Crippen molar-refractivity contribution in [3.63, 3.8) is 0 Å². The maximum atomic E-state index is 13.4. The van der Waals surface area contributed by atoms with E-state index < -0.39 is 0 Å². The number of hydrogen-bond acceptors (Lipinski definition) is 7. The van der Waals surface area contributed by atoms with Crippen LogP contribution in [0.15, 0.2) is 74.5 Å². The van der Waals surface area contributed by atoms with Crippen LogP contribution in [0.1, 0.15) is 35.8 Å². The molecule has 4 heterocycles. The van der Waals surface area contributed by atoms with E-state index in [9.17, 15) is 9.59 Å². The number of likely N-dealkylation sites (N-methyl/N-ethyl adjacent to an activating group) is 1. The number of thiophene rings is 1. The van der Waals surface area contributed by atoms with Crippen molar-refractivity contribution in [2.75, 3.05) is 13.1 Å². The van der Waals surface area contributed by atoms with Gasteiger partial charge in [-0.15, -0.1) is 11.3 Å². The van der Waals surface area contributed by atoms with Gasteiger partial charge in [-0.05, 0) is 42.3 Å². The van der Waals surface area contributed by atoms with E-state index >= 15 is 0 Å². The largest absolute Gasteiger partial charge is 0.467 e. The Morgan fingerprint density at radius 1 is 1.24 bits per heavy atom. The van der Waals surface area contributed by atoms with E-state index in [1.165, 1.54) is 5.01 Å². The summed E-state index contributed by atoms with van der Waals surface area (Å²) in [6, 6.07) is 14.6. The molecule has 1 aliphatic heterocycles. The van der Waals surface area contributed by atoms with Crippen molar-refractivity contribution in [2.24, 2.45) is 5.10 Å². The molecule has 168 valence electrons. The Hall–Kier alpha value is -3.56. The minimum absolute atomic E-state index is 0.132. The quantitative estimate of drug-likeness (QED) is 0.452. The first kappa shape index (κ1) is 21.3. The number of nitrogens with one attached hydrogen (secondary N) is 1. The lowest BCUT2D eigenvalue weighted by Crippen LogP contribution is -2.38. The Morgan fingerprint density at radius 2 is 2.12 bits per heavy atom. The van der Waals surface area contributed by atoms with Crippen molar-refractivity contribution in [2.45, 2.75) is 25.9 Å².